The van der Waals surface area contributed by atoms with E-state index in [2.05, 4.69) is 10.4 Å². The van der Waals surface area contributed by atoms with E-state index in [0.717, 1.165) is 22.8 Å². The number of aromatic nitrogens is 2. The Kier molecular flexibility index (Phi) is 3.38. The number of nitro benzene ring substituents is 1. The fourth-order valence-electron chi connectivity index (χ4n) is 2.21. The van der Waals surface area contributed by atoms with Crippen LogP contribution >= 0.6 is 11.8 Å². The van der Waals surface area contributed by atoms with Crippen LogP contribution in [0.4, 0.5) is 11.5 Å². The summed E-state index contributed by atoms with van der Waals surface area (Å²) in [5, 5.41) is 18.0. The Morgan fingerprint density at radius 2 is 2.10 bits per heavy atom. The SMILES string of the molecule is CC(=O)Nc1c2c(nn1-c1ccc([N+](=O)[O-])cc1)CSC2. The van der Waals surface area contributed by atoms with Crippen LogP contribution in [0.25, 0.3) is 5.69 Å². The number of amides is 1. The Morgan fingerprint density at radius 1 is 1.38 bits per heavy atom. The molecule has 8 heteroatoms. The Bertz CT molecular complexity index is 724. The number of fused-ring (bicyclic) bond motifs is 1. The summed E-state index contributed by atoms with van der Waals surface area (Å²) in [6.07, 6.45) is 0. The van der Waals surface area contributed by atoms with E-state index in [1.807, 2.05) is 0 Å². The Labute approximate surface area is 124 Å². The van der Waals surface area contributed by atoms with Crippen molar-refractivity contribution < 1.29 is 9.72 Å². The number of carbonyl (C=O) groups is 1. The summed E-state index contributed by atoms with van der Waals surface area (Å²) >= 11 is 1.74. The molecule has 21 heavy (non-hydrogen) atoms. The van der Waals surface area contributed by atoms with E-state index in [1.165, 1.54) is 19.1 Å². The fourth-order valence-corrected chi connectivity index (χ4v) is 3.25. The van der Waals surface area contributed by atoms with Crippen molar-refractivity contribution in [3.63, 3.8) is 0 Å². The van der Waals surface area contributed by atoms with Crippen LogP contribution in [-0.2, 0) is 16.3 Å². The number of hydrogen-bond donors (Lipinski definition) is 1. The topological polar surface area (TPSA) is 90.1 Å². The second kappa shape index (κ2) is 5.21. The molecule has 0 unspecified atom stereocenters. The highest BCUT2D eigenvalue weighted by molar-refractivity contribution is 7.98. The third-order valence-electron chi connectivity index (χ3n) is 3.15. The molecule has 0 saturated carbocycles. The number of nitrogens with one attached hydrogen (secondary N) is 1. The smallest absolute Gasteiger partial charge is 0.269 e. The van der Waals surface area contributed by atoms with Gasteiger partial charge in [-0.05, 0) is 12.1 Å². The van der Waals surface area contributed by atoms with Gasteiger partial charge in [0.25, 0.3) is 5.69 Å². The summed E-state index contributed by atoms with van der Waals surface area (Å²) in [5.41, 5.74) is 2.68. The molecule has 3 rings (SSSR count). The second-order valence-corrected chi connectivity index (χ2v) is 5.62. The van der Waals surface area contributed by atoms with Gasteiger partial charge >= 0.3 is 0 Å². The third-order valence-corrected chi connectivity index (χ3v) is 4.12. The van der Waals surface area contributed by atoms with Crippen molar-refractivity contribution in [2.24, 2.45) is 0 Å². The lowest BCUT2D eigenvalue weighted by molar-refractivity contribution is -0.384. The van der Waals surface area contributed by atoms with Crippen LogP contribution in [0.1, 0.15) is 18.2 Å². The first kappa shape index (κ1) is 13.6. The molecule has 1 aromatic carbocycles. The molecule has 0 atom stereocenters. The molecule has 1 aromatic heterocycles. The summed E-state index contributed by atoms with van der Waals surface area (Å²) in [7, 11) is 0. The van der Waals surface area contributed by atoms with Crippen molar-refractivity contribution in [3.05, 3.63) is 45.6 Å². The molecular formula is C13H12N4O3S. The second-order valence-electron chi connectivity index (χ2n) is 4.63. The van der Waals surface area contributed by atoms with Gasteiger partial charge in [0.15, 0.2) is 0 Å². The van der Waals surface area contributed by atoms with Gasteiger partial charge in [-0.2, -0.15) is 16.9 Å². The van der Waals surface area contributed by atoms with E-state index in [4.69, 9.17) is 0 Å². The first-order valence-electron chi connectivity index (χ1n) is 6.27. The molecule has 0 aliphatic carbocycles. The molecule has 0 spiro atoms. The van der Waals surface area contributed by atoms with Gasteiger partial charge in [-0.1, -0.05) is 0 Å². The average Bonchev–Trinajstić information content (AvgIpc) is 3.01. The molecule has 0 fully saturated rings. The zero-order valence-electron chi connectivity index (χ0n) is 11.2. The standard InChI is InChI=1S/C13H12N4O3S/c1-8(18)14-13-11-6-21-7-12(11)15-16(13)9-2-4-10(5-3-9)17(19)20/h2-5H,6-7H2,1H3,(H,14,18). The van der Waals surface area contributed by atoms with Gasteiger partial charge in [0.05, 0.1) is 16.3 Å². The minimum Gasteiger partial charge on any atom is -0.311 e. The fraction of sp³-hybridized carbons (Fsp3) is 0.231. The summed E-state index contributed by atoms with van der Waals surface area (Å²) in [6.45, 7) is 1.45. The molecule has 2 heterocycles. The predicted molar refractivity (Wildman–Crippen MR) is 79.5 cm³/mol. The van der Waals surface area contributed by atoms with Crippen LogP contribution in [0.2, 0.25) is 0 Å². The van der Waals surface area contributed by atoms with Crippen LogP contribution in [-0.4, -0.2) is 20.6 Å². The summed E-state index contributed by atoms with van der Waals surface area (Å²) in [5.74, 6) is 2.09. The van der Waals surface area contributed by atoms with Gasteiger partial charge in [-0.3, -0.25) is 14.9 Å². The zero-order valence-corrected chi connectivity index (χ0v) is 12.0. The maximum Gasteiger partial charge on any atom is 0.269 e. The monoisotopic (exact) mass is 304 g/mol. The predicted octanol–water partition coefficient (Wildman–Crippen LogP) is 2.49. The number of carbonyl (C=O) groups excluding carboxylic acids is 1. The highest BCUT2D eigenvalue weighted by Crippen LogP contribution is 2.36. The van der Waals surface area contributed by atoms with Gasteiger partial charge in [0, 0.05) is 36.1 Å². The van der Waals surface area contributed by atoms with E-state index >= 15 is 0 Å². The first-order valence-corrected chi connectivity index (χ1v) is 7.42. The summed E-state index contributed by atoms with van der Waals surface area (Å²) < 4.78 is 1.63. The third kappa shape index (κ3) is 2.49. The minimum atomic E-state index is -0.446. The van der Waals surface area contributed by atoms with Crippen LogP contribution < -0.4 is 5.32 Å². The van der Waals surface area contributed by atoms with Crippen molar-refractivity contribution in [2.75, 3.05) is 5.32 Å². The molecule has 7 nitrogen and oxygen atoms in total. The molecule has 0 bridgehead atoms. The number of hydrogen-bond acceptors (Lipinski definition) is 5. The van der Waals surface area contributed by atoms with E-state index in [1.54, 1.807) is 28.6 Å². The van der Waals surface area contributed by atoms with Gasteiger partial charge < -0.3 is 5.32 Å². The minimum absolute atomic E-state index is 0.0232. The zero-order chi connectivity index (χ0) is 15.0. The lowest BCUT2D eigenvalue weighted by Gasteiger charge is -2.09. The Balaban J connectivity index is 2.05. The molecule has 1 amide bonds. The number of thioether (sulfide) groups is 1. The van der Waals surface area contributed by atoms with Gasteiger partial charge in [0.1, 0.15) is 5.82 Å². The number of non-ortho nitro benzene ring substituents is 1. The lowest BCUT2D eigenvalue weighted by Crippen LogP contribution is -2.12. The quantitative estimate of drug-likeness (QED) is 0.695. The largest absolute Gasteiger partial charge is 0.311 e. The van der Waals surface area contributed by atoms with Crippen LogP contribution in [0, 0.1) is 10.1 Å². The number of anilines is 1. The maximum atomic E-state index is 11.4. The Morgan fingerprint density at radius 3 is 2.71 bits per heavy atom. The van der Waals surface area contributed by atoms with Crippen LogP contribution in [0.15, 0.2) is 24.3 Å². The molecule has 1 aliphatic rings. The Hall–Kier alpha value is -2.35. The number of nitrogens with zero attached hydrogens (tertiary/aromatic N) is 3. The molecule has 2 aromatic rings. The maximum absolute atomic E-state index is 11.4. The highest BCUT2D eigenvalue weighted by Gasteiger charge is 2.24. The molecule has 1 N–H and O–H groups in total. The van der Waals surface area contributed by atoms with Crippen molar-refractivity contribution >= 4 is 29.2 Å². The van der Waals surface area contributed by atoms with Gasteiger partial charge in [-0.15, -0.1) is 0 Å². The van der Waals surface area contributed by atoms with Gasteiger partial charge in [-0.25, -0.2) is 4.68 Å². The van der Waals surface area contributed by atoms with Crippen molar-refractivity contribution in [2.45, 2.75) is 18.4 Å². The van der Waals surface area contributed by atoms with E-state index in [0.29, 0.717) is 11.5 Å². The highest BCUT2D eigenvalue weighted by atomic mass is 32.2. The average molecular weight is 304 g/mol. The number of rotatable bonds is 3. The number of nitro groups is 1. The van der Waals surface area contributed by atoms with Gasteiger partial charge in [0.2, 0.25) is 5.91 Å². The molecule has 108 valence electrons. The summed E-state index contributed by atoms with van der Waals surface area (Å²) in [4.78, 5) is 21.6. The van der Waals surface area contributed by atoms with Crippen LogP contribution in [0.5, 0.6) is 0 Å². The van der Waals surface area contributed by atoms with Crippen molar-refractivity contribution in [3.8, 4) is 5.69 Å². The molecule has 0 radical (unpaired) electrons. The van der Waals surface area contributed by atoms with Crippen molar-refractivity contribution in [1.29, 1.82) is 0 Å². The van der Waals surface area contributed by atoms with Crippen molar-refractivity contribution in [1.82, 2.24) is 9.78 Å². The normalized spacial score (nSPS) is 13.0. The molecule has 0 saturated heterocycles. The first-order chi connectivity index (χ1) is 10.1. The van der Waals surface area contributed by atoms with E-state index in [9.17, 15) is 14.9 Å². The lowest BCUT2D eigenvalue weighted by atomic mass is 10.2. The molecular weight excluding hydrogens is 292 g/mol. The van der Waals surface area contributed by atoms with E-state index < -0.39 is 4.92 Å². The summed E-state index contributed by atoms with van der Waals surface area (Å²) in [6, 6.07) is 6.10. The molecule has 1 aliphatic heterocycles. The number of benzene rings is 1. The van der Waals surface area contributed by atoms with Crippen LogP contribution in [0.3, 0.4) is 0 Å². The van der Waals surface area contributed by atoms with E-state index in [-0.39, 0.29) is 11.6 Å².